The van der Waals surface area contributed by atoms with Crippen molar-refractivity contribution in [3.8, 4) is 28.7 Å². The summed E-state index contributed by atoms with van der Waals surface area (Å²) in [5, 5.41) is 25.0. The molecule has 0 saturated heterocycles. The highest BCUT2D eigenvalue weighted by Gasteiger charge is 2.15. The minimum atomic E-state index is -0.375. The van der Waals surface area contributed by atoms with Crippen LogP contribution in [0.3, 0.4) is 0 Å². The second kappa shape index (κ2) is 18.2. The van der Waals surface area contributed by atoms with Gasteiger partial charge < -0.3 is 24.7 Å². The maximum atomic E-state index is 10.1. The van der Waals surface area contributed by atoms with Gasteiger partial charge in [0.25, 0.3) is 0 Å². The third kappa shape index (κ3) is 9.26. The Morgan fingerprint density at radius 1 is 0.542 bits per heavy atom. The van der Waals surface area contributed by atoms with Crippen molar-refractivity contribution in [2.75, 3.05) is 23.5 Å². The number of hydrogen-bond donors (Lipinski definition) is 2. The van der Waals surface area contributed by atoms with Crippen molar-refractivity contribution in [1.29, 1.82) is 5.26 Å². The number of hydrogen-bond acceptors (Lipinski definition) is 6. The maximum absolute atomic E-state index is 10.1. The number of anilines is 6. The van der Waals surface area contributed by atoms with Gasteiger partial charge in [-0.15, -0.1) is 0 Å². The van der Waals surface area contributed by atoms with Gasteiger partial charge in [0.15, 0.2) is 0 Å². The van der Waals surface area contributed by atoms with Gasteiger partial charge in [0.1, 0.15) is 18.1 Å². The number of phenols is 1. The third-order valence-electron chi connectivity index (χ3n) is 7.08. The molecular formula is C42H41N3O3. The molecule has 6 rings (SSSR count). The number of aliphatic hydroxyl groups excluding tert-OH is 1. The van der Waals surface area contributed by atoms with Gasteiger partial charge in [-0.2, -0.15) is 5.26 Å². The first-order valence-corrected chi connectivity index (χ1v) is 15.8. The molecule has 2 N–H and O–H groups in total. The summed E-state index contributed by atoms with van der Waals surface area (Å²) in [6, 6.07) is 54.6. The summed E-state index contributed by atoms with van der Waals surface area (Å²) in [6.07, 6.45) is 1.25. The molecule has 0 atom stereocenters. The molecule has 0 heterocycles. The van der Waals surface area contributed by atoms with Crippen LogP contribution < -0.4 is 14.5 Å². The first-order chi connectivity index (χ1) is 23.5. The van der Waals surface area contributed by atoms with E-state index in [0.717, 1.165) is 51.0 Å². The molecule has 0 amide bonds. The zero-order valence-corrected chi connectivity index (χ0v) is 27.6. The van der Waals surface area contributed by atoms with Crippen molar-refractivity contribution in [3.05, 3.63) is 158 Å². The first kappa shape index (κ1) is 34.8. The quantitative estimate of drug-likeness (QED) is 0.162. The van der Waals surface area contributed by atoms with Crippen LogP contribution in [0.5, 0.6) is 11.5 Å². The first-order valence-electron chi connectivity index (χ1n) is 15.8. The number of methoxy groups -OCH3 is 1. The second-order valence-electron chi connectivity index (χ2n) is 10.7. The summed E-state index contributed by atoms with van der Waals surface area (Å²) in [6.45, 7) is 3.88. The predicted molar refractivity (Wildman–Crippen MR) is 198 cm³/mol. The second-order valence-corrected chi connectivity index (χ2v) is 10.7. The molecule has 0 aliphatic carbocycles. The van der Waals surface area contributed by atoms with E-state index >= 15 is 0 Å². The summed E-state index contributed by atoms with van der Waals surface area (Å²) in [5.74, 6) is 1.05. The Morgan fingerprint density at radius 3 is 1.31 bits per heavy atom. The summed E-state index contributed by atoms with van der Waals surface area (Å²) in [5.41, 5.74) is 8.34. The van der Waals surface area contributed by atoms with Crippen LogP contribution in [-0.2, 0) is 0 Å². The molecule has 0 saturated carbocycles. The van der Waals surface area contributed by atoms with Crippen molar-refractivity contribution in [2.24, 2.45) is 0 Å². The Hall–Kier alpha value is -6.03. The molecule has 0 aromatic heterocycles. The van der Waals surface area contributed by atoms with E-state index < -0.39 is 0 Å². The molecule has 6 aromatic rings. The monoisotopic (exact) mass is 635 g/mol. The van der Waals surface area contributed by atoms with E-state index in [4.69, 9.17) is 15.1 Å². The predicted octanol–water partition coefficient (Wildman–Crippen LogP) is 10.9. The molecule has 6 heteroatoms. The van der Waals surface area contributed by atoms with Crippen molar-refractivity contribution < 1.29 is 14.9 Å². The Balaban J connectivity index is 0.000000682. The fourth-order valence-corrected chi connectivity index (χ4v) is 5.04. The number of rotatable bonds is 8. The highest BCUT2D eigenvalue weighted by Crippen LogP contribution is 2.39. The number of aliphatic hydroxyl groups is 1. The molecule has 0 unspecified atom stereocenters. The maximum Gasteiger partial charge on any atom is 0.130 e. The van der Waals surface area contributed by atoms with Crippen LogP contribution in [0.25, 0.3) is 11.1 Å². The summed E-state index contributed by atoms with van der Waals surface area (Å²) in [7, 11) is 1.69. The summed E-state index contributed by atoms with van der Waals surface area (Å²) >= 11 is 0. The van der Waals surface area contributed by atoms with Gasteiger partial charge in [0.2, 0.25) is 0 Å². The lowest BCUT2D eigenvalue weighted by atomic mass is 10.0. The number of benzene rings is 6. The molecule has 242 valence electrons. The molecule has 6 nitrogen and oxygen atoms in total. The lowest BCUT2D eigenvalue weighted by Crippen LogP contribution is -2.10. The van der Waals surface area contributed by atoms with Crippen LogP contribution in [-0.4, -0.2) is 23.9 Å². The normalized spacial score (nSPS) is 9.90. The van der Waals surface area contributed by atoms with Crippen molar-refractivity contribution in [2.45, 2.75) is 20.3 Å². The standard InChI is InChI=1S/C37H30N2O2.C3H8.C2H3NO/c1-41-37-17-9-15-35(27-37)39(31-12-6-3-7-13-31)33-24-20-29(21-25-33)28-18-22-32(23-19-28)38(30-10-4-2-5-11-30)34-14-8-16-36(40)26-34;1-3-2;3-1-2-4/h2-27,40H,1H3;3H2,1-2H3;4H,2H2. The third-order valence-corrected chi connectivity index (χ3v) is 7.08. The minimum Gasteiger partial charge on any atom is -0.508 e. The van der Waals surface area contributed by atoms with E-state index in [1.54, 1.807) is 19.2 Å². The van der Waals surface area contributed by atoms with Gasteiger partial charge >= 0.3 is 0 Å². The lowest BCUT2D eigenvalue weighted by molar-refractivity contribution is 0.348. The topological polar surface area (TPSA) is 80.0 Å². The van der Waals surface area contributed by atoms with Crippen molar-refractivity contribution >= 4 is 34.1 Å². The van der Waals surface area contributed by atoms with Crippen molar-refractivity contribution in [1.82, 2.24) is 0 Å². The zero-order valence-electron chi connectivity index (χ0n) is 27.6. The number of phenolic OH excluding ortho intramolecular Hbond substituents is 1. The minimum absolute atomic E-state index is 0.235. The van der Waals surface area contributed by atoms with E-state index in [1.807, 2.05) is 66.7 Å². The lowest BCUT2D eigenvalue weighted by Gasteiger charge is -2.26. The van der Waals surface area contributed by atoms with E-state index in [-0.39, 0.29) is 12.4 Å². The van der Waals surface area contributed by atoms with Crippen LogP contribution in [0.15, 0.2) is 158 Å². The molecule has 0 aliphatic rings. The largest absolute Gasteiger partial charge is 0.508 e. The molecular weight excluding hydrogens is 594 g/mol. The summed E-state index contributed by atoms with van der Waals surface area (Å²) < 4.78 is 5.50. The molecule has 0 aliphatic heterocycles. The highest BCUT2D eigenvalue weighted by molar-refractivity contribution is 5.81. The van der Waals surface area contributed by atoms with E-state index in [9.17, 15) is 5.11 Å². The zero-order chi connectivity index (χ0) is 34.1. The number of ether oxygens (including phenoxy) is 1. The van der Waals surface area contributed by atoms with Gasteiger partial charge in [-0.25, -0.2) is 0 Å². The molecule has 48 heavy (non-hydrogen) atoms. The smallest absolute Gasteiger partial charge is 0.130 e. The fourth-order valence-electron chi connectivity index (χ4n) is 5.04. The number of nitriles is 1. The van der Waals surface area contributed by atoms with Gasteiger partial charge in [-0.05, 0) is 83.9 Å². The van der Waals surface area contributed by atoms with Crippen LogP contribution >= 0.6 is 0 Å². The molecule has 0 fully saturated rings. The molecule has 0 spiro atoms. The Labute approximate surface area is 284 Å². The van der Waals surface area contributed by atoms with Gasteiger partial charge in [-0.1, -0.05) is 93.1 Å². The van der Waals surface area contributed by atoms with E-state index in [1.165, 1.54) is 12.5 Å². The number of nitrogens with zero attached hydrogens (tertiary/aromatic N) is 3. The Bertz CT molecular complexity index is 1850. The van der Waals surface area contributed by atoms with Gasteiger partial charge in [0, 0.05) is 46.3 Å². The SMILES string of the molecule is CCC.COc1cccc(N(c2ccccc2)c2ccc(-c3ccc(N(c4ccccc4)c4cccc(O)c4)cc3)cc2)c1.N#CCO. The van der Waals surface area contributed by atoms with E-state index in [0.29, 0.717) is 0 Å². The van der Waals surface area contributed by atoms with Gasteiger partial charge in [-0.3, -0.25) is 0 Å². The Kier molecular flexibility index (Phi) is 13.2. The van der Waals surface area contributed by atoms with Gasteiger partial charge in [0.05, 0.1) is 13.2 Å². The highest BCUT2D eigenvalue weighted by atomic mass is 16.5. The summed E-state index contributed by atoms with van der Waals surface area (Å²) in [4.78, 5) is 4.36. The van der Waals surface area contributed by atoms with E-state index in [2.05, 4.69) is 103 Å². The van der Waals surface area contributed by atoms with Crippen LogP contribution in [0, 0.1) is 11.3 Å². The Morgan fingerprint density at radius 2 is 0.917 bits per heavy atom. The van der Waals surface area contributed by atoms with Crippen LogP contribution in [0.4, 0.5) is 34.1 Å². The number of aromatic hydroxyl groups is 1. The fraction of sp³-hybridized carbons (Fsp3) is 0.119. The average Bonchev–Trinajstić information content (AvgIpc) is 3.14. The van der Waals surface area contributed by atoms with Crippen LogP contribution in [0.1, 0.15) is 20.3 Å². The molecule has 0 bridgehead atoms. The van der Waals surface area contributed by atoms with Crippen molar-refractivity contribution in [3.63, 3.8) is 0 Å². The average molecular weight is 636 g/mol. The van der Waals surface area contributed by atoms with Crippen LogP contribution in [0.2, 0.25) is 0 Å². The molecule has 6 aromatic carbocycles. The number of para-hydroxylation sites is 2. The molecule has 0 radical (unpaired) electrons.